The molecule has 0 spiro atoms. The van der Waals surface area contributed by atoms with Crippen molar-refractivity contribution in [1.82, 2.24) is 5.32 Å². The fourth-order valence-electron chi connectivity index (χ4n) is 1.93. The topological polar surface area (TPSA) is 84.2 Å². The molecule has 1 heterocycles. The number of benzene rings is 1. The van der Waals surface area contributed by atoms with E-state index < -0.39 is 5.91 Å². The van der Waals surface area contributed by atoms with Gasteiger partial charge in [-0.25, -0.2) is 0 Å². The Bertz CT molecular complexity index is 484. The Morgan fingerprint density at radius 2 is 2.22 bits per heavy atom. The molecule has 0 saturated carbocycles. The van der Waals surface area contributed by atoms with Crippen LogP contribution in [-0.4, -0.2) is 24.4 Å². The number of hydrogen-bond donors (Lipinski definition) is 3. The molecule has 96 valence electrons. The van der Waals surface area contributed by atoms with Gasteiger partial charge in [-0.1, -0.05) is 11.6 Å². The fourth-order valence-corrected chi connectivity index (χ4v) is 2.14. The molecule has 0 aromatic heterocycles. The lowest BCUT2D eigenvalue weighted by atomic mass is 10.1. The number of nitrogens with two attached hydrogens (primary N) is 1. The molecule has 1 aliphatic heterocycles. The number of anilines is 1. The third-order valence-electron chi connectivity index (χ3n) is 2.88. The molecule has 18 heavy (non-hydrogen) atoms. The maximum Gasteiger partial charge on any atom is 0.250 e. The molecule has 1 fully saturated rings. The standard InChI is InChI=1S/C12H14ClN3O2/c13-9-4-3-7(6-8(9)11(14)17)16-12(18)10-2-1-5-15-10/h3-4,6,10,15H,1-2,5H2,(H2,14,17)(H,16,18). The molecular formula is C12H14ClN3O2. The highest BCUT2D eigenvalue weighted by Gasteiger charge is 2.22. The van der Waals surface area contributed by atoms with Crippen LogP contribution in [-0.2, 0) is 4.79 Å². The number of hydrogen-bond acceptors (Lipinski definition) is 3. The van der Waals surface area contributed by atoms with Gasteiger partial charge in [-0.2, -0.15) is 0 Å². The van der Waals surface area contributed by atoms with Crippen LogP contribution >= 0.6 is 11.6 Å². The Balaban J connectivity index is 2.11. The third kappa shape index (κ3) is 2.80. The van der Waals surface area contributed by atoms with E-state index in [1.54, 1.807) is 12.1 Å². The summed E-state index contributed by atoms with van der Waals surface area (Å²) in [5.41, 5.74) is 5.91. The number of halogens is 1. The van der Waals surface area contributed by atoms with Gasteiger partial charge >= 0.3 is 0 Å². The Hall–Kier alpha value is -1.59. The Morgan fingerprint density at radius 1 is 1.44 bits per heavy atom. The lowest BCUT2D eigenvalue weighted by Gasteiger charge is -2.12. The zero-order valence-electron chi connectivity index (χ0n) is 9.70. The number of primary amides is 1. The average molecular weight is 268 g/mol. The van der Waals surface area contributed by atoms with Gasteiger partial charge in [0, 0.05) is 5.69 Å². The Kier molecular flexibility index (Phi) is 3.84. The maximum atomic E-state index is 11.9. The molecule has 0 bridgehead atoms. The minimum atomic E-state index is -0.616. The molecule has 0 aliphatic carbocycles. The van der Waals surface area contributed by atoms with Crippen LogP contribution in [0.2, 0.25) is 5.02 Å². The molecule has 2 rings (SSSR count). The number of rotatable bonds is 3. The van der Waals surface area contributed by atoms with E-state index in [4.69, 9.17) is 17.3 Å². The van der Waals surface area contributed by atoms with Crippen LogP contribution in [0.1, 0.15) is 23.2 Å². The highest BCUT2D eigenvalue weighted by atomic mass is 35.5. The molecule has 1 unspecified atom stereocenters. The minimum absolute atomic E-state index is 0.106. The van der Waals surface area contributed by atoms with Crippen molar-refractivity contribution in [2.75, 3.05) is 11.9 Å². The summed E-state index contributed by atoms with van der Waals surface area (Å²) < 4.78 is 0. The molecule has 1 saturated heterocycles. The van der Waals surface area contributed by atoms with Crippen molar-refractivity contribution >= 4 is 29.1 Å². The molecular weight excluding hydrogens is 254 g/mol. The summed E-state index contributed by atoms with van der Waals surface area (Å²) in [4.78, 5) is 23.0. The van der Waals surface area contributed by atoms with Gasteiger partial charge in [0.15, 0.2) is 0 Å². The van der Waals surface area contributed by atoms with Crippen molar-refractivity contribution in [3.63, 3.8) is 0 Å². The summed E-state index contributed by atoms with van der Waals surface area (Å²) in [6.07, 6.45) is 1.81. The van der Waals surface area contributed by atoms with Crippen LogP contribution in [0.25, 0.3) is 0 Å². The quantitative estimate of drug-likeness (QED) is 0.768. The molecule has 4 N–H and O–H groups in total. The van der Waals surface area contributed by atoms with Gasteiger partial charge in [-0.05, 0) is 37.6 Å². The van der Waals surface area contributed by atoms with Crippen LogP contribution in [0.4, 0.5) is 5.69 Å². The molecule has 5 nitrogen and oxygen atoms in total. The van der Waals surface area contributed by atoms with E-state index in [9.17, 15) is 9.59 Å². The smallest absolute Gasteiger partial charge is 0.250 e. The first-order chi connectivity index (χ1) is 8.58. The van der Waals surface area contributed by atoms with Gasteiger partial charge in [0.25, 0.3) is 0 Å². The normalized spacial score (nSPS) is 18.6. The number of carbonyl (C=O) groups excluding carboxylic acids is 2. The first kappa shape index (κ1) is 12.9. The van der Waals surface area contributed by atoms with Crippen LogP contribution in [0.5, 0.6) is 0 Å². The lowest BCUT2D eigenvalue weighted by molar-refractivity contribution is -0.117. The molecule has 1 aromatic rings. The Morgan fingerprint density at radius 3 is 2.83 bits per heavy atom. The van der Waals surface area contributed by atoms with Crippen LogP contribution in [0, 0.1) is 0 Å². The fraction of sp³-hybridized carbons (Fsp3) is 0.333. The van der Waals surface area contributed by atoms with Crippen LogP contribution in [0.15, 0.2) is 18.2 Å². The summed E-state index contributed by atoms with van der Waals surface area (Å²) >= 11 is 5.83. The summed E-state index contributed by atoms with van der Waals surface area (Å²) in [7, 11) is 0. The van der Waals surface area contributed by atoms with Gasteiger partial charge in [0.1, 0.15) is 0 Å². The van der Waals surface area contributed by atoms with E-state index in [2.05, 4.69) is 10.6 Å². The zero-order valence-corrected chi connectivity index (χ0v) is 10.5. The molecule has 0 radical (unpaired) electrons. The Labute approximate surface area is 110 Å². The first-order valence-corrected chi connectivity index (χ1v) is 6.09. The average Bonchev–Trinajstić information content (AvgIpc) is 2.85. The van der Waals surface area contributed by atoms with E-state index in [1.807, 2.05) is 0 Å². The van der Waals surface area contributed by atoms with E-state index >= 15 is 0 Å². The molecule has 1 aromatic carbocycles. The van der Waals surface area contributed by atoms with E-state index in [-0.39, 0.29) is 22.5 Å². The second-order valence-corrected chi connectivity index (χ2v) is 4.60. The van der Waals surface area contributed by atoms with Gasteiger partial charge in [-0.15, -0.1) is 0 Å². The SMILES string of the molecule is NC(=O)c1cc(NC(=O)C2CCCN2)ccc1Cl. The van der Waals surface area contributed by atoms with Gasteiger partial charge < -0.3 is 16.4 Å². The number of carbonyl (C=O) groups is 2. The molecule has 1 aliphatic rings. The van der Waals surface area contributed by atoms with Crippen molar-refractivity contribution in [2.24, 2.45) is 5.73 Å². The van der Waals surface area contributed by atoms with Crippen molar-refractivity contribution in [1.29, 1.82) is 0 Å². The maximum absolute atomic E-state index is 11.9. The largest absolute Gasteiger partial charge is 0.366 e. The highest BCUT2D eigenvalue weighted by molar-refractivity contribution is 6.34. The number of nitrogens with one attached hydrogen (secondary N) is 2. The highest BCUT2D eigenvalue weighted by Crippen LogP contribution is 2.20. The van der Waals surface area contributed by atoms with Crippen LogP contribution in [0.3, 0.4) is 0 Å². The molecule has 6 heteroatoms. The second-order valence-electron chi connectivity index (χ2n) is 4.20. The summed E-state index contributed by atoms with van der Waals surface area (Å²) in [6, 6.07) is 4.50. The van der Waals surface area contributed by atoms with Crippen molar-refractivity contribution in [3.05, 3.63) is 28.8 Å². The summed E-state index contributed by atoms with van der Waals surface area (Å²) in [5.74, 6) is -0.722. The second kappa shape index (κ2) is 5.37. The van der Waals surface area contributed by atoms with Gasteiger partial charge in [-0.3, -0.25) is 9.59 Å². The monoisotopic (exact) mass is 267 g/mol. The summed E-state index contributed by atoms with van der Waals surface area (Å²) in [6.45, 7) is 0.852. The van der Waals surface area contributed by atoms with Crippen molar-refractivity contribution in [3.8, 4) is 0 Å². The predicted octanol–water partition coefficient (Wildman–Crippen LogP) is 1.13. The van der Waals surface area contributed by atoms with Crippen molar-refractivity contribution < 1.29 is 9.59 Å². The van der Waals surface area contributed by atoms with E-state index in [1.165, 1.54) is 6.07 Å². The molecule has 2 amide bonds. The number of amides is 2. The minimum Gasteiger partial charge on any atom is -0.366 e. The van der Waals surface area contributed by atoms with E-state index in [0.717, 1.165) is 19.4 Å². The third-order valence-corrected chi connectivity index (χ3v) is 3.21. The zero-order chi connectivity index (χ0) is 13.1. The van der Waals surface area contributed by atoms with E-state index in [0.29, 0.717) is 5.69 Å². The molecule has 1 atom stereocenters. The lowest BCUT2D eigenvalue weighted by Crippen LogP contribution is -2.35. The predicted molar refractivity (Wildman–Crippen MR) is 69.6 cm³/mol. The summed E-state index contributed by atoms with van der Waals surface area (Å²) in [5, 5.41) is 6.11. The van der Waals surface area contributed by atoms with Gasteiger partial charge in [0.05, 0.1) is 16.6 Å². The van der Waals surface area contributed by atoms with Crippen LogP contribution < -0.4 is 16.4 Å². The first-order valence-electron chi connectivity index (χ1n) is 5.71. The van der Waals surface area contributed by atoms with Gasteiger partial charge in [0.2, 0.25) is 11.8 Å². The van der Waals surface area contributed by atoms with Crippen molar-refractivity contribution in [2.45, 2.75) is 18.9 Å².